The molecule has 1 aromatic heterocycles. The van der Waals surface area contributed by atoms with Gasteiger partial charge < -0.3 is 9.84 Å². The number of amides is 1. The maximum absolute atomic E-state index is 12.8. The van der Waals surface area contributed by atoms with Crippen LogP contribution in [0.25, 0.3) is 11.4 Å². The summed E-state index contributed by atoms with van der Waals surface area (Å²) in [7, 11) is 0. The Balaban J connectivity index is 1.07. The van der Waals surface area contributed by atoms with E-state index >= 15 is 0 Å². The first kappa shape index (κ1) is 24.3. The summed E-state index contributed by atoms with van der Waals surface area (Å²) in [5.41, 5.74) is 4.24. The predicted molar refractivity (Wildman–Crippen MR) is 144 cm³/mol. The minimum atomic E-state index is 0.0142. The first-order valence-corrected chi connectivity index (χ1v) is 13.3. The van der Waals surface area contributed by atoms with Crippen LogP contribution in [0, 0.1) is 12.8 Å². The second-order valence-corrected chi connectivity index (χ2v) is 10.3. The van der Waals surface area contributed by atoms with Crippen LogP contribution in [0.1, 0.15) is 29.9 Å². The van der Waals surface area contributed by atoms with Crippen LogP contribution in [0.3, 0.4) is 0 Å². The molecule has 1 aliphatic rings. The van der Waals surface area contributed by atoms with Crippen molar-refractivity contribution in [2.75, 3.05) is 18.4 Å². The number of anilines is 1. The van der Waals surface area contributed by atoms with Gasteiger partial charge in [-0.15, -0.1) is 11.8 Å². The molecule has 0 saturated carbocycles. The van der Waals surface area contributed by atoms with Crippen molar-refractivity contribution in [1.29, 1.82) is 0 Å². The number of hydrogen-bond donors (Lipinski definition) is 1. The third-order valence-electron chi connectivity index (χ3n) is 6.47. The van der Waals surface area contributed by atoms with Gasteiger partial charge in [-0.2, -0.15) is 4.98 Å². The summed E-state index contributed by atoms with van der Waals surface area (Å²) in [6.45, 7) is 4.32. The van der Waals surface area contributed by atoms with E-state index in [0.29, 0.717) is 18.3 Å². The van der Waals surface area contributed by atoms with E-state index in [1.807, 2.05) is 54.2 Å². The summed E-state index contributed by atoms with van der Waals surface area (Å²) in [5.74, 6) is 2.24. The van der Waals surface area contributed by atoms with Crippen molar-refractivity contribution in [1.82, 2.24) is 15.0 Å². The highest BCUT2D eigenvalue weighted by atomic mass is 32.2. The van der Waals surface area contributed by atoms with Crippen molar-refractivity contribution in [3.05, 3.63) is 95.9 Å². The summed E-state index contributed by atoms with van der Waals surface area (Å²) < 4.78 is 5.47. The van der Waals surface area contributed by atoms with Gasteiger partial charge in [-0.1, -0.05) is 65.3 Å². The minimum Gasteiger partial charge on any atom is -0.338 e. The number of likely N-dealkylation sites (tertiary alicyclic amines) is 1. The molecule has 6 nitrogen and oxygen atoms in total. The van der Waals surface area contributed by atoms with Gasteiger partial charge in [0.05, 0.1) is 6.54 Å². The zero-order chi connectivity index (χ0) is 24.7. The normalized spacial score (nSPS) is 14.6. The van der Waals surface area contributed by atoms with E-state index in [1.165, 1.54) is 16.0 Å². The summed E-state index contributed by atoms with van der Waals surface area (Å²) in [6.07, 6.45) is 1.63. The Morgan fingerprint density at radius 3 is 2.44 bits per heavy atom. The van der Waals surface area contributed by atoms with Crippen LogP contribution >= 0.6 is 11.8 Å². The van der Waals surface area contributed by atoms with Crippen molar-refractivity contribution in [2.45, 2.75) is 37.0 Å². The maximum Gasteiger partial charge on any atom is 0.241 e. The van der Waals surface area contributed by atoms with Gasteiger partial charge >= 0.3 is 0 Å². The topological polar surface area (TPSA) is 71.3 Å². The van der Waals surface area contributed by atoms with Crippen molar-refractivity contribution in [3.63, 3.8) is 0 Å². The van der Waals surface area contributed by atoms with Crippen LogP contribution in [0.2, 0.25) is 0 Å². The number of nitrogens with zero attached hydrogens (tertiary/aromatic N) is 3. The number of piperidine rings is 1. The Morgan fingerprint density at radius 1 is 1.00 bits per heavy atom. The first-order chi connectivity index (χ1) is 17.6. The lowest BCUT2D eigenvalue weighted by Gasteiger charge is -2.30. The number of aromatic nitrogens is 2. The third-order valence-corrected chi connectivity index (χ3v) is 7.55. The molecule has 5 rings (SSSR count). The molecule has 2 heterocycles. The molecule has 0 aliphatic carbocycles. The fraction of sp³-hybridized carbons (Fsp3) is 0.276. The Labute approximate surface area is 216 Å². The van der Waals surface area contributed by atoms with E-state index in [1.54, 1.807) is 0 Å². The van der Waals surface area contributed by atoms with Crippen LogP contribution in [0.15, 0.2) is 88.3 Å². The van der Waals surface area contributed by atoms with Crippen LogP contribution in [0.4, 0.5) is 5.69 Å². The average molecular weight is 499 g/mol. The smallest absolute Gasteiger partial charge is 0.241 e. The molecule has 1 N–H and O–H groups in total. The third kappa shape index (κ3) is 6.42. The van der Waals surface area contributed by atoms with Crippen LogP contribution < -0.4 is 5.32 Å². The molecule has 36 heavy (non-hydrogen) atoms. The van der Waals surface area contributed by atoms with Gasteiger partial charge in [0.2, 0.25) is 17.6 Å². The van der Waals surface area contributed by atoms with Gasteiger partial charge in [-0.05, 0) is 62.7 Å². The number of benzene rings is 3. The van der Waals surface area contributed by atoms with Crippen molar-refractivity contribution < 1.29 is 9.32 Å². The largest absolute Gasteiger partial charge is 0.338 e. The van der Waals surface area contributed by atoms with Gasteiger partial charge in [0.1, 0.15) is 0 Å². The molecule has 0 unspecified atom stereocenters. The van der Waals surface area contributed by atoms with Gasteiger partial charge in [0, 0.05) is 27.8 Å². The first-order valence-electron chi connectivity index (χ1n) is 12.3. The molecule has 1 amide bonds. The number of hydrogen-bond acceptors (Lipinski definition) is 6. The quantitative estimate of drug-likeness (QED) is 0.292. The van der Waals surface area contributed by atoms with E-state index in [0.717, 1.165) is 42.9 Å². The van der Waals surface area contributed by atoms with E-state index in [2.05, 4.69) is 63.7 Å². The monoisotopic (exact) mass is 498 g/mol. The predicted octanol–water partition coefficient (Wildman–Crippen LogP) is 6.19. The molecule has 184 valence electrons. The Bertz CT molecular complexity index is 1260. The molecule has 1 saturated heterocycles. The lowest BCUT2D eigenvalue weighted by atomic mass is 9.96. The van der Waals surface area contributed by atoms with Gasteiger partial charge in [-0.3, -0.25) is 9.69 Å². The number of rotatable bonds is 8. The lowest BCUT2D eigenvalue weighted by Crippen LogP contribution is -2.37. The van der Waals surface area contributed by atoms with Crippen LogP contribution in [-0.4, -0.2) is 34.0 Å². The zero-order valence-corrected chi connectivity index (χ0v) is 21.2. The average Bonchev–Trinajstić information content (AvgIpc) is 3.38. The molecule has 4 aromatic rings. The summed E-state index contributed by atoms with van der Waals surface area (Å²) in [5, 5.41) is 7.22. The summed E-state index contributed by atoms with van der Waals surface area (Å²) in [4.78, 5) is 20.9. The van der Waals surface area contributed by atoms with Crippen LogP contribution in [0.5, 0.6) is 0 Å². The van der Waals surface area contributed by atoms with Gasteiger partial charge in [0.15, 0.2) is 0 Å². The van der Waals surface area contributed by atoms with Gasteiger partial charge in [-0.25, -0.2) is 0 Å². The van der Waals surface area contributed by atoms with Gasteiger partial charge in [0.25, 0.3) is 0 Å². The SMILES string of the molecule is Cc1ccc(-c2noc(CN3CCC(C(=O)Nc4ccc(CSc5ccccc5)cc4)CC3)n2)cc1. The van der Waals surface area contributed by atoms with Crippen molar-refractivity contribution in [3.8, 4) is 11.4 Å². The maximum atomic E-state index is 12.8. The van der Waals surface area contributed by atoms with Crippen molar-refractivity contribution >= 4 is 23.4 Å². The number of aryl methyl sites for hydroxylation is 1. The molecule has 0 radical (unpaired) electrons. The highest BCUT2D eigenvalue weighted by molar-refractivity contribution is 7.98. The molecule has 0 bridgehead atoms. The number of carbonyl (C=O) groups is 1. The van der Waals surface area contributed by atoms with E-state index in [-0.39, 0.29) is 11.8 Å². The number of thioether (sulfide) groups is 1. The molecule has 0 spiro atoms. The Morgan fingerprint density at radius 2 is 1.72 bits per heavy atom. The lowest BCUT2D eigenvalue weighted by molar-refractivity contribution is -0.121. The molecule has 1 aliphatic heterocycles. The Hall–Kier alpha value is -3.42. The molecule has 1 fully saturated rings. The van der Waals surface area contributed by atoms with E-state index in [9.17, 15) is 4.79 Å². The van der Waals surface area contributed by atoms with Crippen molar-refractivity contribution in [2.24, 2.45) is 5.92 Å². The minimum absolute atomic E-state index is 0.0142. The molecular formula is C29H30N4O2S. The number of nitrogens with one attached hydrogen (secondary N) is 1. The zero-order valence-electron chi connectivity index (χ0n) is 20.4. The second-order valence-electron chi connectivity index (χ2n) is 9.22. The summed E-state index contributed by atoms with van der Waals surface area (Å²) in [6, 6.07) is 26.6. The standard InChI is InChI=1S/C29H30N4O2S/c1-21-7-11-23(12-8-21)28-31-27(35-32-28)19-33-17-15-24(16-18-33)29(34)30-25-13-9-22(10-14-25)20-36-26-5-3-2-4-6-26/h2-14,24H,15-20H2,1H3,(H,30,34). The fourth-order valence-electron chi connectivity index (χ4n) is 4.30. The van der Waals surface area contributed by atoms with E-state index in [4.69, 9.17) is 4.52 Å². The fourth-order valence-corrected chi connectivity index (χ4v) is 5.17. The van der Waals surface area contributed by atoms with E-state index < -0.39 is 0 Å². The molecule has 0 atom stereocenters. The highest BCUT2D eigenvalue weighted by Gasteiger charge is 2.26. The highest BCUT2D eigenvalue weighted by Crippen LogP contribution is 2.25. The second kappa shape index (κ2) is 11.5. The number of carbonyl (C=O) groups excluding carboxylic acids is 1. The molecule has 7 heteroatoms. The van der Waals surface area contributed by atoms with Crippen LogP contribution in [-0.2, 0) is 17.1 Å². The summed E-state index contributed by atoms with van der Waals surface area (Å²) >= 11 is 1.81. The Kier molecular flexibility index (Phi) is 7.79. The molecule has 3 aromatic carbocycles. The molecular weight excluding hydrogens is 468 g/mol.